The van der Waals surface area contributed by atoms with Gasteiger partial charge in [0, 0.05) is 19.6 Å². The maximum Gasteiger partial charge on any atom is 0.237 e. The van der Waals surface area contributed by atoms with Crippen LogP contribution in [-0.2, 0) is 10.2 Å². The number of hydrogen-bond acceptors (Lipinski definition) is 3. The fourth-order valence-electron chi connectivity index (χ4n) is 3.85. The lowest BCUT2D eigenvalue weighted by atomic mass is 9.86. The van der Waals surface area contributed by atoms with Crippen LogP contribution in [0.1, 0.15) is 57.2 Å². The van der Waals surface area contributed by atoms with E-state index in [1.165, 1.54) is 11.1 Å². The number of amides is 1. The SMILES string of the molecule is CC(C)(C)c1ccc(C2CCCN2C(=O)CN2CC[C@H](O)C2)cc1. The van der Waals surface area contributed by atoms with E-state index in [1.807, 2.05) is 4.90 Å². The summed E-state index contributed by atoms with van der Waals surface area (Å²) in [7, 11) is 0. The topological polar surface area (TPSA) is 43.8 Å². The molecule has 4 heteroatoms. The highest BCUT2D eigenvalue weighted by Crippen LogP contribution is 2.33. The molecule has 1 aromatic carbocycles. The van der Waals surface area contributed by atoms with Crippen LogP contribution in [0.25, 0.3) is 0 Å². The average molecular weight is 330 g/mol. The van der Waals surface area contributed by atoms with Gasteiger partial charge in [0.25, 0.3) is 0 Å². The van der Waals surface area contributed by atoms with E-state index in [-0.39, 0.29) is 23.5 Å². The summed E-state index contributed by atoms with van der Waals surface area (Å²) in [6.07, 6.45) is 2.63. The minimum Gasteiger partial charge on any atom is -0.392 e. The molecule has 0 bridgehead atoms. The number of aliphatic hydroxyl groups is 1. The fourth-order valence-corrected chi connectivity index (χ4v) is 3.85. The molecule has 2 heterocycles. The Bertz CT molecular complexity index is 576. The Morgan fingerprint density at radius 3 is 2.46 bits per heavy atom. The molecule has 132 valence electrons. The molecular weight excluding hydrogens is 300 g/mol. The van der Waals surface area contributed by atoms with Crippen LogP contribution in [0.5, 0.6) is 0 Å². The molecule has 0 aliphatic carbocycles. The second kappa shape index (κ2) is 6.85. The summed E-state index contributed by atoms with van der Waals surface area (Å²) in [5, 5.41) is 9.63. The zero-order chi connectivity index (χ0) is 17.3. The lowest BCUT2D eigenvalue weighted by Crippen LogP contribution is -2.39. The van der Waals surface area contributed by atoms with E-state index in [9.17, 15) is 9.90 Å². The number of hydrogen-bond donors (Lipinski definition) is 1. The van der Waals surface area contributed by atoms with Crippen molar-refractivity contribution in [1.82, 2.24) is 9.80 Å². The third-order valence-electron chi connectivity index (χ3n) is 5.34. The largest absolute Gasteiger partial charge is 0.392 e. The Hall–Kier alpha value is -1.39. The number of carbonyl (C=O) groups excluding carboxylic acids is 1. The third kappa shape index (κ3) is 3.81. The van der Waals surface area contributed by atoms with Crippen LogP contribution in [0.4, 0.5) is 0 Å². The van der Waals surface area contributed by atoms with Crippen molar-refractivity contribution in [3.8, 4) is 0 Å². The molecule has 4 nitrogen and oxygen atoms in total. The van der Waals surface area contributed by atoms with Gasteiger partial charge in [-0.15, -0.1) is 0 Å². The Labute approximate surface area is 145 Å². The molecule has 1 N–H and O–H groups in total. The quantitative estimate of drug-likeness (QED) is 0.927. The van der Waals surface area contributed by atoms with Crippen LogP contribution in [0.2, 0.25) is 0 Å². The van der Waals surface area contributed by atoms with Gasteiger partial charge in [-0.1, -0.05) is 45.0 Å². The summed E-state index contributed by atoms with van der Waals surface area (Å²) >= 11 is 0. The molecule has 2 atom stereocenters. The predicted molar refractivity (Wildman–Crippen MR) is 95.9 cm³/mol. The van der Waals surface area contributed by atoms with E-state index >= 15 is 0 Å². The minimum atomic E-state index is -0.267. The second-order valence-corrected chi connectivity index (χ2v) is 8.29. The number of aliphatic hydroxyl groups excluding tert-OH is 1. The summed E-state index contributed by atoms with van der Waals surface area (Å²) < 4.78 is 0. The van der Waals surface area contributed by atoms with Gasteiger partial charge in [-0.3, -0.25) is 9.69 Å². The molecule has 2 aliphatic rings. The van der Waals surface area contributed by atoms with Crippen LogP contribution in [0.3, 0.4) is 0 Å². The molecule has 2 aliphatic heterocycles. The first-order valence-electron chi connectivity index (χ1n) is 9.15. The Balaban J connectivity index is 1.67. The molecule has 0 saturated carbocycles. The first-order chi connectivity index (χ1) is 11.3. The zero-order valence-corrected chi connectivity index (χ0v) is 15.2. The van der Waals surface area contributed by atoms with E-state index in [2.05, 4.69) is 49.9 Å². The van der Waals surface area contributed by atoms with Gasteiger partial charge in [0.15, 0.2) is 0 Å². The van der Waals surface area contributed by atoms with Gasteiger partial charge < -0.3 is 10.0 Å². The number of carbonyl (C=O) groups is 1. The lowest BCUT2D eigenvalue weighted by molar-refractivity contribution is -0.133. The van der Waals surface area contributed by atoms with E-state index in [1.54, 1.807) is 0 Å². The highest BCUT2D eigenvalue weighted by atomic mass is 16.3. The van der Waals surface area contributed by atoms with Gasteiger partial charge in [0.1, 0.15) is 0 Å². The van der Waals surface area contributed by atoms with Crippen molar-refractivity contribution in [1.29, 1.82) is 0 Å². The highest BCUT2D eigenvalue weighted by molar-refractivity contribution is 5.79. The van der Waals surface area contributed by atoms with Crippen molar-refractivity contribution >= 4 is 5.91 Å². The van der Waals surface area contributed by atoms with Crippen LogP contribution in [0, 0.1) is 0 Å². The smallest absolute Gasteiger partial charge is 0.237 e. The van der Waals surface area contributed by atoms with E-state index < -0.39 is 0 Å². The standard InChI is InChI=1S/C20H30N2O2/c1-20(2,3)16-8-6-15(7-9-16)18-5-4-11-22(18)19(24)14-21-12-10-17(23)13-21/h6-9,17-18,23H,4-5,10-14H2,1-3H3/t17-,18?/m0/s1. The molecule has 0 radical (unpaired) electrons. The van der Waals surface area contributed by atoms with Gasteiger partial charge in [0.2, 0.25) is 5.91 Å². The maximum absolute atomic E-state index is 12.7. The van der Waals surface area contributed by atoms with E-state index in [4.69, 9.17) is 0 Å². The van der Waals surface area contributed by atoms with Crippen LogP contribution >= 0.6 is 0 Å². The molecule has 0 spiro atoms. The number of nitrogens with zero attached hydrogens (tertiary/aromatic N) is 2. The van der Waals surface area contributed by atoms with Gasteiger partial charge in [0.05, 0.1) is 18.7 Å². The first-order valence-corrected chi connectivity index (χ1v) is 9.15. The summed E-state index contributed by atoms with van der Waals surface area (Å²) in [5.41, 5.74) is 2.73. The van der Waals surface area contributed by atoms with Gasteiger partial charge in [-0.05, 0) is 35.8 Å². The number of β-amino-alcohol motifs (C(OH)–C–C–N with tert-alkyl or cyclic N) is 1. The molecule has 24 heavy (non-hydrogen) atoms. The fraction of sp³-hybridized carbons (Fsp3) is 0.650. The number of likely N-dealkylation sites (tertiary alicyclic amines) is 2. The Kier molecular flexibility index (Phi) is 4.97. The van der Waals surface area contributed by atoms with Crippen molar-refractivity contribution in [2.45, 2.75) is 57.6 Å². The Morgan fingerprint density at radius 2 is 1.88 bits per heavy atom. The van der Waals surface area contributed by atoms with E-state index in [0.717, 1.165) is 32.4 Å². The summed E-state index contributed by atoms with van der Waals surface area (Å²) in [6, 6.07) is 8.99. The van der Waals surface area contributed by atoms with Gasteiger partial charge >= 0.3 is 0 Å². The molecule has 1 unspecified atom stereocenters. The molecule has 0 aromatic heterocycles. The van der Waals surface area contributed by atoms with E-state index in [0.29, 0.717) is 13.1 Å². The van der Waals surface area contributed by atoms with Crippen molar-refractivity contribution in [2.24, 2.45) is 0 Å². The summed E-state index contributed by atoms with van der Waals surface area (Å²) in [6.45, 7) is 9.40. The summed E-state index contributed by atoms with van der Waals surface area (Å²) in [4.78, 5) is 16.8. The minimum absolute atomic E-state index is 0.153. The monoisotopic (exact) mass is 330 g/mol. The number of benzene rings is 1. The van der Waals surface area contributed by atoms with Crippen LogP contribution < -0.4 is 0 Å². The number of rotatable bonds is 3. The molecule has 1 aromatic rings. The highest BCUT2D eigenvalue weighted by Gasteiger charge is 2.32. The van der Waals surface area contributed by atoms with Crippen molar-refractivity contribution in [3.05, 3.63) is 35.4 Å². The summed E-state index contributed by atoms with van der Waals surface area (Å²) in [5.74, 6) is 0.200. The molecule has 1 amide bonds. The van der Waals surface area contributed by atoms with Crippen molar-refractivity contribution < 1.29 is 9.90 Å². The van der Waals surface area contributed by atoms with Crippen molar-refractivity contribution in [3.63, 3.8) is 0 Å². The molecule has 3 rings (SSSR count). The third-order valence-corrected chi connectivity index (χ3v) is 5.34. The average Bonchev–Trinajstić information content (AvgIpc) is 3.15. The second-order valence-electron chi connectivity index (χ2n) is 8.29. The van der Waals surface area contributed by atoms with Gasteiger partial charge in [-0.2, -0.15) is 0 Å². The van der Waals surface area contributed by atoms with Crippen LogP contribution in [-0.4, -0.2) is 53.1 Å². The van der Waals surface area contributed by atoms with Gasteiger partial charge in [-0.25, -0.2) is 0 Å². The lowest BCUT2D eigenvalue weighted by Gasteiger charge is -2.28. The van der Waals surface area contributed by atoms with Crippen LogP contribution in [0.15, 0.2) is 24.3 Å². The van der Waals surface area contributed by atoms with Crippen molar-refractivity contribution in [2.75, 3.05) is 26.2 Å². The molecular formula is C20H30N2O2. The zero-order valence-electron chi connectivity index (χ0n) is 15.2. The predicted octanol–water partition coefficient (Wildman–Crippen LogP) is 2.71. The Morgan fingerprint density at radius 1 is 1.17 bits per heavy atom. The normalized spacial score (nSPS) is 25.4. The molecule has 2 saturated heterocycles. The molecule has 2 fully saturated rings. The first kappa shape index (κ1) is 17.4. The maximum atomic E-state index is 12.7.